The van der Waals surface area contributed by atoms with Crippen LogP contribution in [-0.2, 0) is 0 Å². The van der Waals surface area contributed by atoms with Crippen molar-refractivity contribution in [2.75, 3.05) is 6.54 Å². The zero-order valence-electron chi connectivity index (χ0n) is 8.50. The zero-order chi connectivity index (χ0) is 11.3. The topological polar surface area (TPSA) is 49.3 Å². The van der Waals surface area contributed by atoms with Gasteiger partial charge in [-0.25, -0.2) is 0 Å². The summed E-state index contributed by atoms with van der Waals surface area (Å²) in [6.07, 6.45) is 1.14. The molecule has 0 radical (unpaired) electrons. The van der Waals surface area contributed by atoms with Crippen LogP contribution in [0.1, 0.15) is 29.4 Å². The van der Waals surface area contributed by atoms with Gasteiger partial charge in [0, 0.05) is 6.54 Å². The molecule has 15 heavy (non-hydrogen) atoms. The maximum Gasteiger partial charge on any atom is 0.261 e. The van der Waals surface area contributed by atoms with Gasteiger partial charge in [-0.15, -0.1) is 11.3 Å². The Morgan fingerprint density at radius 3 is 2.93 bits per heavy atom. The lowest BCUT2D eigenvalue weighted by Gasteiger charge is -2.09. The fourth-order valence-corrected chi connectivity index (χ4v) is 2.13. The minimum Gasteiger partial charge on any atom is -0.391 e. The van der Waals surface area contributed by atoms with Crippen molar-refractivity contribution in [3.05, 3.63) is 21.3 Å². The van der Waals surface area contributed by atoms with Crippen LogP contribution in [0.4, 0.5) is 0 Å². The van der Waals surface area contributed by atoms with E-state index in [1.54, 1.807) is 12.1 Å². The van der Waals surface area contributed by atoms with Gasteiger partial charge in [-0.3, -0.25) is 4.79 Å². The van der Waals surface area contributed by atoms with E-state index >= 15 is 0 Å². The second-order valence-corrected chi connectivity index (χ2v) is 4.97. The number of hydrogen-bond acceptors (Lipinski definition) is 3. The molecule has 0 saturated heterocycles. The Balaban J connectivity index is 2.36. The number of aliphatic hydroxyl groups excluding tert-OH is 1. The molecule has 0 saturated carbocycles. The normalized spacial score (nSPS) is 12.5. The molecular formula is C10H14ClNO2S. The van der Waals surface area contributed by atoms with Gasteiger partial charge in [-0.1, -0.05) is 24.9 Å². The number of thiophene rings is 1. The Labute approximate surface area is 98.1 Å². The summed E-state index contributed by atoms with van der Waals surface area (Å²) in [6.45, 7) is 2.28. The van der Waals surface area contributed by atoms with Gasteiger partial charge in [0.1, 0.15) is 0 Å². The van der Waals surface area contributed by atoms with Gasteiger partial charge in [0.15, 0.2) is 0 Å². The molecule has 1 unspecified atom stereocenters. The van der Waals surface area contributed by atoms with E-state index in [4.69, 9.17) is 11.6 Å². The van der Waals surface area contributed by atoms with Crippen molar-refractivity contribution < 1.29 is 9.90 Å². The van der Waals surface area contributed by atoms with Gasteiger partial charge in [0.25, 0.3) is 5.91 Å². The van der Waals surface area contributed by atoms with Gasteiger partial charge in [0.05, 0.1) is 15.3 Å². The molecular weight excluding hydrogens is 234 g/mol. The summed E-state index contributed by atoms with van der Waals surface area (Å²) in [7, 11) is 0. The number of carbonyl (C=O) groups excluding carboxylic acids is 1. The number of rotatable bonds is 5. The predicted octanol–water partition coefficient (Wildman–Crippen LogP) is 2.29. The largest absolute Gasteiger partial charge is 0.391 e. The Morgan fingerprint density at radius 1 is 1.67 bits per heavy atom. The van der Waals surface area contributed by atoms with Crippen molar-refractivity contribution in [1.29, 1.82) is 0 Å². The first kappa shape index (κ1) is 12.5. The molecule has 2 N–H and O–H groups in total. The van der Waals surface area contributed by atoms with Crippen LogP contribution >= 0.6 is 22.9 Å². The molecule has 3 nitrogen and oxygen atoms in total. The minimum atomic E-state index is -0.464. The van der Waals surface area contributed by atoms with E-state index in [0.717, 1.165) is 6.42 Å². The second kappa shape index (κ2) is 6.10. The second-order valence-electron chi connectivity index (χ2n) is 3.26. The number of carbonyl (C=O) groups is 1. The molecule has 1 amide bonds. The first-order valence-electron chi connectivity index (χ1n) is 4.85. The molecule has 0 bridgehead atoms. The lowest BCUT2D eigenvalue weighted by atomic mass is 10.2. The summed E-state index contributed by atoms with van der Waals surface area (Å²) in [5.74, 6) is -0.179. The van der Waals surface area contributed by atoms with Gasteiger partial charge in [0.2, 0.25) is 0 Å². The summed E-state index contributed by atoms with van der Waals surface area (Å²) < 4.78 is 0.592. The zero-order valence-corrected chi connectivity index (χ0v) is 10.1. The molecule has 5 heteroatoms. The van der Waals surface area contributed by atoms with Crippen LogP contribution in [0.2, 0.25) is 4.34 Å². The van der Waals surface area contributed by atoms with E-state index in [0.29, 0.717) is 22.2 Å². The number of aliphatic hydroxyl groups is 1. The number of halogens is 1. The van der Waals surface area contributed by atoms with Crippen molar-refractivity contribution in [2.24, 2.45) is 0 Å². The predicted molar refractivity (Wildman–Crippen MR) is 62.6 cm³/mol. The summed E-state index contributed by atoms with van der Waals surface area (Å²) in [6, 6.07) is 3.36. The third-order valence-electron chi connectivity index (χ3n) is 1.92. The van der Waals surface area contributed by atoms with Crippen LogP contribution in [0.25, 0.3) is 0 Å². The Hall–Kier alpha value is -0.580. The summed E-state index contributed by atoms with van der Waals surface area (Å²) in [5, 5.41) is 12.1. The third kappa shape index (κ3) is 4.20. The highest BCUT2D eigenvalue weighted by molar-refractivity contribution is 7.17. The van der Waals surface area contributed by atoms with Crippen LogP contribution < -0.4 is 5.32 Å². The molecule has 1 heterocycles. The lowest BCUT2D eigenvalue weighted by Crippen LogP contribution is -2.31. The highest BCUT2D eigenvalue weighted by atomic mass is 35.5. The molecule has 84 valence electrons. The molecule has 1 rings (SSSR count). The molecule has 0 spiro atoms. The summed E-state index contributed by atoms with van der Waals surface area (Å²) in [5.41, 5.74) is 0. The first-order chi connectivity index (χ1) is 7.13. The maximum absolute atomic E-state index is 11.5. The van der Waals surface area contributed by atoms with E-state index in [1.807, 2.05) is 6.92 Å². The molecule has 0 fully saturated rings. The highest BCUT2D eigenvalue weighted by Crippen LogP contribution is 2.20. The van der Waals surface area contributed by atoms with Crippen LogP contribution in [0.15, 0.2) is 12.1 Å². The van der Waals surface area contributed by atoms with Crippen molar-refractivity contribution >= 4 is 28.8 Å². The van der Waals surface area contributed by atoms with E-state index in [9.17, 15) is 9.90 Å². The smallest absolute Gasteiger partial charge is 0.261 e. The molecule has 1 aromatic heterocycles. The van der Waals surface area contributed by atoms with Gasteiger partial charge in [-0.05, 0) is 18.6 Å². The first-order valence-corrected chi connectivity index (χ1v) is 6.04. The number of amides is 1. The fraction of sp³-hybridized carbons (Fsp3) is 0.500. The van der Waals surface area contributed by atoms with Crippen molar-refractivity contribution in [2.45, 2.75) is 25.9 Å². The number of hydrogen-bond donors (Lipinski definition) is 2. The van der Waals surface area contributed by atoms with Crippen LogP contribution in [0.5, 0.6) is 0 Å². The Morgan fingerprint density at radius 2 is 2.40 bits per heavy atom. The molecule has 1 atom stereocenters. The Bertz CT molecular complexity index is 327. The van der Waals surface area contributed by atoms with Crippen LogP contribution in [-0.4, -0.2) is 23.7 Å². The van der Waals surface area contributed by atoms with Crippen LogP contribution in [0.3, 0.4) is 0 Å². The fourth-order valence-electron chi connectivity index (χ4n) is 1.17. The van der Waals surface area contributed by atoms with Crippen molar-refractivity contribution in [3.63, 3.8) is 0 Å². The quantitative estimate of drug-likeness (QED) is 0.839. The van der Waals surface area contributed by atoms with Gasteiger partial charge < -0.3 is 10.4 Å². The summed E-state index contributed by atoms with van der Waals surface area (Å²) in [4.78, 5) is 12.1. The SMILES string of the molecule is CCCC(O)CNC(=O)c1ccc(Cl)s1. The third-order valence-corrected chi connectivity index (χ3v) is 3.15. The van der Waals surface area contributed by atoms with E-state index in [2.05, 4.69) is 5.32 Å². The summed E-state index contributed by atoms with van der Waals surface area (Å²) >= 11 is 6.94. The van der Waals surface area contributed by atoms with Crippen molar-refractivity contribution in [1.82, 2.24) is 5.32 Å². The number of nitrogens with one attached hydrogen (secondary N) is 1. The van der Waals surface area contributed by atoms with E-state index in [1.165, 1.54) is 11.3 Å². The van der Waals surface area contributed by atoms with Gasteiger partial charge in [-0.2, -0.15) is 0 Å². The minimum absolute atomic E-state index is 0.179. The highest BCUT2D eigenvalue weighted by Gasteiger charge is 2.10. The molecule has 0 aromatic carbocycles. The average molecular weight is 248 g/mol. The van der Waals surface area contributed by atoms with Crippen molar-refractivity contribution in [3.8, 4) is 0 Å². The molecule has 0 aliphatic carbocycles. The maximum atomic E-state index is 11.5. The van der Waals surface area contributed by atoms with Crippen LogP contribution in [0, 0.1) is 0 Å². The monoisotopic (exact) mass is 247 g/mol. The molecule has 0 aliphatic heterocycles. The average Bonchev–Trinajstić information content (AvgIpc) is 2.62. The molecule has 0 aliphatic rings. The lowest BCUT2D eigenvalue weighted by molar-refractivity contribution is 0.0914. The molecule has 1 aromatic rings. The van der Waals surface area contributed by atoms with Gasteiger partial charge >= 0.3 is 0 Å². The standard InChI is InChI=1S/C10H14ClNO2S/c1-2-3-7(13)6-12-10(14)8-4-5-9(11)15-8/h4-5,7,13H,2-3,6H2,1H3,(H,12,14). The van der Waals surface area contributed by atoms with E-state index < -0.39 is 6.10 Å². The Kier molecular flexibility index (Phi) is 5.08. The van der Waals surface area contributed by atoms with E-state index in [-0.39, 0.29) is 5.91 Å².